The van der Waals surface area contributed by atoms with Gasteiger partial charge in [0.25, 0.3) is 0 Å². The molecule has 0 atom stereocenters. The third-order valence-electron chi connectivity index (χ3n) is 3.75. The minimum absolute atomic E-state index is 0.118. The van der Waals surface area contributed by atoms with Crippen LogP contribution in [-0.4, -0.2) is 34.6 Å². The molecule has 0 bridgehead atoms. The summed E-state index contributed by atoms with van der Waals surface area (Å²) in [6.45, 7) is 1.39. The average Bonchev–Trinajstić information content (AvgIpc) is 2.53. The summed E-state index contributed by atoms with van der Waals surface area (Å²) in [7, 11) is 0. The summed E-state index contributed by atoms with van der Waals surface area (Å²) in [5.74, 6) is -0.907. The van der Waals surface area contributed by atoms with E-state index < -0.39 is 29.7 Å². The molecule has 0 saturated heterocycles. The second-order valence-corrected chi connectivity index (χ2v) is 5.47. The first-order chi connectivity index (χ1) is 11.6. The number of allylic oxidation sites excluding steroid dienone is 2. The van der Waals surface area contributed by atoms with E-state index in [0.29, 0.717) is 0 Å². The van der Waals surface area contributed by atoms with Crippen molar-refractivity contribution in [1.82, 2.24) is 4.90 Å². The normalized spacial score (nSPS) is 19.8. The number of aliphatic imine (C=N–C) groups is 2. The molecule has 0 spiro atoms. The highest BCUT2D eigenvalue weighted by molar-refractivity contribution is 6.17. The van der Waals surface area contributed by atoms with Crippen LogP contribution in [0, 0.1) is 0 Å². The number of hydrogen-bond acceptors (Lipinski definition) is 3. The van der Waals surface area contributed by atoms with Gasteiger partial charge in [-0.2, -0.15) is 26.3 Å². The van der Waals surface area contributed by atoms with Gasteiger partial charge in [-0.25, -0.2) is 9.98 Å². The van der Waals surface area contributed by atoms with Crippen LogP contribution in [0.4, 0.5) is 26.3 Å². The summed E-state index contributed by atoms with van der Waals surface area (Å²) >= 11 is 0. The van der Waals surface area contributed by atoms with Crippen molar-refractivity contribution in [3.05, 3.63) is 59.8 Å². The molecule has 132 valence electrons. The van der Waals surface area contributed by atoms with Gasteiger partial charge in [0.1, 0.15) is 11.7 Å². The van der Waals surface area contributed by atoms with Crippen LogP contribution in [0.1, 0.15) is 12.5 Å². The van der Waals surface area contributed by atoms with E-state index in [1.807, 2.05) is 0 Å². The first kappa shape index (κ1) is 17.2. The largest absolute Gasteiger partial charge is 0.443 e. The zero-order chi connectivity index (χ0) is 18.5. The zero-order valence-corrected chi connectivity index (χ0v) is 12.7. The second kappa shape index (κ2) is 5.47. The van der Waals surface area contributed by atoms with Crippen LogP contribution >= 0.6 is 0 Å². The fourth-order valence-corrected chi connectivity index (χ4v) is 2.51. The molecule has 0 unspecified atom stereocenters. The molecule has 25 heavy (non-hydrogen) atoms. The number of halogens is 6. The number of nitrogens with zero attached hydrogens (tertiary/aromatic N) is 3. The van der Waals surface area contributed by atoms with Gasteiger partial charge in [-0.15, -0.1) is 0 Å². The molecular formula is C16H11F6N3. The van der Waals surface area contributed by atoms with Crippen LogP contribution in [0.3, 0.4) is 0 Å². The van der Waals surface area contributed by atoms with Crippen molar-refractivity contribution in [2.45, 2.75) is 24.9 Å². The lowest BCUT2D eigenvalue weighted by molar-refractivity contribution is -0.292. The van der Waals surface area contributed by atoms with Crippen LogP contribution in [0.25, 0.3) is 0 Å². The van der Waals surface area contributed by atoms with Gasteiger partial charge in [0, 0.05) is 11.8 Å². The Morgan fingerprint density at radius 1 is 0.880 bits per heavy atom. The Kier molecular flexibility index (Phi) is 3.77. The zero-order valence-electron chi connectivity index (χ0n) is 12.7. The molecule has 0 N–H and O–H groups in total. The molecule has 9 heteroatoms. The fourth-order valence-electron chi connectivity index (χ4n) is 2.51. The minimum Gasteiger partial charge on any atom is -0.286 e. The van der Waals surface area contributed by atoms with Crippen molar-refractivity contribution >= 4 is 11.7 Å². The standard InChI is InChI=1S/C16H11F6N3/c1-10-6-5-9-25-12(10)23-14(15(17,18)19,16(20,21)22)24-13(25)11-7-3-2-4-8-11/h2-9H,1H3. The molecule has 0 aliphatic carbocycles. The fraction of sp³-hybridized carbons (Fsp3) is 0.250. The Balaban J connectivity index is 2.32. The van der Waals surface area contributed by atoms with Gasteiger partial charge in [0.15, 0.2) is 0 Å². The smallest absolute Gasteiger partial charge is 0.286 e. The molecule has 1 aromatic rings. The summed E-state index contributed by atoms with van der Waals surface area (Å²) in [6.07, 6.45) is -7.27. The van der Waals surface area contributed by atoms with E-state index in [1.165, 1.54) is 49.5 Å². The highest BCUT2D eigenvalue weighted by atomic mass is 19.4. The Bertz CT molecular complexity index is 785. The Morgan fingerprint density at radius 2 is 1.44 bits per heavy atom. The average molecular weight is 359 g/mol. The van der Waals surface area contributed by atoms with Crippen LogP contribution in [-0.2, 0) is 0 Å². The first-order valence-electron chi connectivity index (χ1n) is 7.10. The molecule has 0 radical (unpaired) electrons. The number of alkyl halides is 6. The van der Waals surface area contributed by atoms with Crippen LogP contribution in [0.2, 0.25) is 0 Å². The van der Waals surface area contributed by atoms with Crippen molar-refractivity contribution in [1.29, 1.82) is 0 Å². The maximum Gasteiger partial charge on any atom is 0.443 e. The summed E-state index contributed by atoms with van der Waals surface area (Å²) in [5.41, 5.74) is -4.26. The van der Waals surface area contributed by atoms with E-state index in [4.69, 9.17) is 0 Å². The number of rotatable bonds is 1. The second-order valence-electron chi connectivity index (χ2n) is 5.47. The highest BCUT2D eigenvalue weighted by Gasteiger charge is 2.74. The number of amidine groups is 2. The Morgan fingerprint density at radius 3 is 2.00 bits per heavy atom. The quantitative estimate of drug-likeness (QED) is 0.681. The van der Waals surface area contributed by atoms with Crippen molar-refractivity contribution in [2.75, 3.05) is 0 Å². The van der Waals surface area contributed by atoms with Gasteiger partial charge >= 0.3 is 18.0 Å². The lowest BCUT2D eigenvalue weighted by Gasteiger charge is -2.39. The van der Waals surface area contributed by atoms with E-state index in [0.717, 1.165) is 4.90 Å². The Labute approximate surface area is 138 Å². The SMILES string of the molecule is CC1=CC=CN2C1=NC(C(F)(F)F)(C(F)(F)F)N=C2c1ccccc1. The van der Waals surface area contributed by atoms with Crippen LogP contribution in [0.15, 0.2) is 64.2 Å². The van der Waals surface area contributed by atoms with Gasteiger partial charge < -0.3 is 0 Å². The summed E-state index contributed by atoms with van der Waals surface area (Å²) < 4.78 is 80.9. The molecule has 1 aromatic carbocycles. The van der Waals surface area contributed by atoms with Crippen molar-refractivity contribution in [3.8, 4) is 0 Å². The summed E-state index contributed by atoms with van der Waals surface area (Å²) in [4.78, 5) is 7.22. The van der Waals surface area contributed by atoms with Gasteiger partial charge in [-0.05, 0) is 18.6 Å². The number of benzene rings is 1. The molecule has 2 aliphatic rings. The van der Waals surface area contributed by atoms with Crippen molar-refractivity contribution in [2.24, 2.45) is 9.98 Å². The lowest BCUT2D eigenvalue weighted by Crippen LogP contribution is -2.59. The molecule has 2 aliphatic heterocycles. The molecule has 0 aromatic heterocycles. The lowest BCUT2D eigenvalue weighted by atomic mass is 10.0. The van der Waals surface area contributed by atoms with Gasteiger partial charge in [-0.3, -0.25) is 4.90 Å². The minimum atomic E-state index is -5.74. The predicted octanol–water partition coefficient (Wildman–Crippen LogP) is 4.44. The van der Waals surface area contributed by atoms with Gasteiger partial charge in [-0.1, -0.05) is 36.4 Å². The number of fused-ring (bicyclic) bond motifs is 1. The molecule has 0 amide bonds. The van der Waals surface area contributed by atoms with E-state index in [9.17, 15) is 26.3 Å². The first-order valence-corrected chi connectivity index (χ1v) is 7.10. The maximum atomic E-state index is 13.5. The molecule has 2 heterocycles. The van der Waals surface area contributed by atoms with Gasteiger partial charge in [0.05, 0.1) is 0 Å². The van der Waals surface area contributed by atoms with Crippen molar-refractivity contribution < 1.29 is 26.3 Å². The predicted molar refractivity (Wildman–Crippen MR) is 80.0 cm³/mol. The highest BCUT2D eigenvalue weighted by Crippen LogP contribution is 2.49. The number of hydrogen-bond donors (Lipinski definition) is 0. The van der Waals surface area contributed by atoms with E-state index in [1.54, 1.807) is 6.07 Å². The van der Waals surface area contributed by atoms with Gasteiger partial charge in [0.2, 0.25) is 0 Å². The van der Waals surface area contributed by atoms with E-state index in [2.05, 4.69) is 9.98 Å². The topological polar surface area (TPSA) is 28.0 Å². The van der Waals surface area contributed by atoms with Crippen LogP contribution < -0.4 is 0 Å². The van der Waals surface area contributed by atoms with E-state index in [-0.39, 0.29) is 11.1 Å². The molecule has 3 nitrogen and oxygen atoms in total. The molecular weight excluding hydrogens is 348 g/mol. The third-order valence-corrected chi connectivity index (χ3v) is 3.75. The van der Waals surface area contributed by atoms with Crippen LogP contribution in [0.5, 0.6) is 0 Å². The summed E-state index contributed by atoms with van der Waals surface area (Å²) in [6, 6.07) is 7.38. The Hall–Kier alpha value is -2.58. The maximum absolute atomic E-state index is 13.5. The summed E-state index contributed by atoms with van der Waals surface area (Å²) in [5, 5.41) is 0. The molecule has 3 rings (SSSR count). The monoisotopic (exact) mass is 359 g/mol. The van der Waals surface area contributed by atoms with Crippen molar-refractivity contribution in [3.63, 3.8) is 0 Å². The van der Waals surface area contributed by atoms with E-state index >= 15 is 0 Å². The molecule has 0 fully saturated rings. The third kappa shape index (κ3) is 2.63. The molecule has 0 saturated carbocycles.